The Morgan fingerprint density at radius 2 is 2.00 bits per heavy atom. The lowest BCUT2D eigenvalue weighted by Gasteiger charge is -2.21. The third kappa shape index (κ3) is 4.20. The first-order valence-corrected chi connectivity index (χ1v) is 8.56. The molecule has 0 saturated heterocycles. The van der Waals surface area contributed by atoms with Crippen molar-refractivity contribution in [2.45, 2.75) is 43.0 Å². The van der Waals surface area contributed by atoms with E-state index in [2.05, 4.69) is 37.2 Å². The maximum Gasteiger partial charge on any atom is 0.253 e. The Balaban J connectivity index is 2.09. The predicted octanol–water partition coefficient (Wildman–Crippen LogP) is 4.93. The first-order chi connectivity index (χ1) is 9.08. The molecule has 2 rings (SSSR count). The molecule has 0 spiro atoms. The molecular formula is C14H16Br2ClNO. The number of carbonyl (C=O) groups is 1. The second kappa shape index (κ2) is 7.09. The van der Waals surface area contributed by atoms with E-state index in [1.807, 2.05) is 6.07 Å². The third-order valence-electron chi connectivity index (χ3n) is 3.42. The van der Waals surface area contributed by atoms with Crippen LogP contribution in [0.25, 0.3) is 0 Å². The average Bonchev–Trinajstić information content (AvgIpc) is 2.58. The summed E-state index contributed by atoms with van der Waals surface area (Å²) in [4.78, 5) is 12.7. The Hall–Kier alpha value is -0.0600. The Kier molecular flexibility index (Phi) is 5.72. The minimum absolute atomic E-state index is 0.0948. The number of nitrogens with one attached hydrogen (secondary N) is 1. The van der Waals surface area contributed by atoms with Gasteiger partial charge in [0.2, 0.25) is 0 Å². The van der Waals surface area contributed by atoms with Crippen LogP contribution >= 0.6 is 43.5 Å². The average molecular weight is 410 g/mol. The summed E-state index contributed by atoms with van der Waals surface area (Å²) in [5.74, 6) is -0.0948. The van der Waals surface area contributed by atoms with Crippen LogP contribution in [0, 0.1) is 0 Å². The highest BCUT2D eigenvalue weighted by Crippen LogP contribution is 2.25. The van der Waals surface area contributed by atoms with Crippen molar-refractivity contribution in [2.24, 2.45) is 0 Å². The summed E-state index contributed by atoms with van der Waals surface area (Å²) >= 11 is 13.1. The molecule has 0 radical (unpaired) electrons. The van der Waals surface area contributed by atoms with Crippen LogP contribution in [-0.2, 0) is 0 Å². The van der Waals surface area contributed by atoms with Crippen LogP contribution < -0.4 is 5.32 Å². The molecule has 19 heavy (non-hydrogen) atoms. The maximum atomic E-state index is 12.3. The van der Waals surface area contributed by atoms with E-state index in [0.717, 1.165) is 17.3 Å². The molecule has 1 N–H and O–H groups in total. The molecule has 1 amide bonds. The molecule has 1 saturated carbocycles. The minimum Gasteiger partial charge on any atom is -0.348 e. The number of carbonyl (C=O) groups excluding carboxylic acids is 1. The summed E-state index contributed by atoms with van der Waals surface area (Å²) in [7, 11) is 0. The molecule has 5 heteroatoms. The van der Waals surface area contributed by atoms with Gasteiger partial charge in [-0.15, -0.1) is 0 Å². The largest absolute Gasteiger partial charge is 0.348 e. The summed E-state index contributed by atoms with van der Waals surface area (Å²) < 4.78 is 0.860. The molecule has 0 heterocycles. The highest BCUT2D eigenvalue weighted by Gasteiger charge is 2.24. The molecule has 1 aliphatic rings. The van der Waals surface area contributed by atoms with E-state index in [1.54, 1.807) is 12.1 Å². The van der Waals surface area contributed by atoms with Gasteiger partial charge >= 0.3 is 0 Å². The third-order valence-corrected chi connectivity index (χ3v) is 5.34. The smallest absolute Gasteiger partial charge is 0.253 e. The first kappa shape index (κ1) is 15.3. The summed E-state index contributed by atoms with van der Waals surface area (Å²) in [6.07, 6.45) is 5.76. The van der Waals surface area contributed by atoms with Crippen LogP contribution in [0.2, 0.25) is 5.02 Å². The van der Waals surface area contributed by atoms with Crippen molar-refractivity contribution in [3.63, 3.8) is 0 Å². The van der Waals surface area contributed by atoms with Crippen LogP contribution in [0.4, 0.5) is 0 Å². The summed E-state index contributed by atoms with van der Waals surface area (Å²) in [5, 5.41) is 3.59. The molecule has 1 aromatic carbocycles. The number of rotatable bonds is 2. The van der Waals surface area contributed by atoms with Crippen molar-refractivity contribution in [3.8, 4) is 0 Å². The van der Waals surface area contributed by atoms with E-state index in [4.69, 9.17) is 11.6 Å². The molecule has 0 aromatic heterocycles. The lowest BCUT2D eigenvalue weighted by molar-refractivity contribution is 0.0935. The fourth-order valence-corrected chi connectivity index (χ4v) is 3.63. The van der Waals surface area contributed by atoms with Crippen molar-refractivity contribution >= 4 is 49.4 Å². The second-order valence-corrected chi connectivity index (χ2v) is 7.36. The molecule has 0 bridgehead atoms. The minimum atomic E-state index is -0.0948. The fraction of sp³-hybridized carbons (Fsp3) is 0.500. The van der Waals surface area contributed by atoms with Crippen LogP contribution in [0.1, 0.15) is 42.5 Å². The van der Waals surface area contributed by atoms with Gasteiger partial charge < -0.3 is 5.32 Å². The fourth-order valence-electron chi connectivity index (χ4n) is 2.34. The standard InChI is InChI=1S/C14H16Br2ClNO/c15-9-6-7-12(17)10(8-9)14(19)18-13-5-3-1-2-4-11(13)16/h6-8,11,13H,1-5H2,(H,18,19). The van der Waals surface area contributed by atoms with E-state index in [9.17, 15) is 4.79 Å². The summed E-state index contributed by atoms with van der Waals surface area (Å²) in [6.45, 7) is 0. The molecule has 2 nitrogen and oxygen atoms in total. The lowest BCUT2D eigenvalue weighted by Crippen LogP contribution is -2.40. The van der Waals surface area contributed by atoms with E-state index >= 15 is 0 Å². The number of halogens is 3. The topological polar surface area (TPSA) is 29.1 Å². The summed E-state index contributed by atoms with van der Waals surface area (Å²) in [5.41, 5.74) is 0.528. The zero-order chi connectivity index (χ0) is 13.8. The molecule has 104 valence electrons. The monoisotopic (exact) mass is 407 g/mol. The van der Waals surface area contributed by atoms with Gasteiger partial charge in [0.15, 0.2) is 0 Å². The van der Waals surface area contributed by atoms with Gasteiger partial charge in [-0.1, -0.05) is 62.7 Å². The molecule has 2 atom stereocenters. The number of amides is 1. The van der Waals surface area contributed by atoms with Gasteiger partial charge in [0.05, 0.1) is 10.6 Å². The number of hydrogen-bond donors (Lipinski definition) is 1. The van der Waals surface area contributed by atoms with Crippen LogP contribution in [0.5, 0.6) is 0 Å². The Morgan fingerprint density at radius 3 is 2.79 bits per heavy atom. The zero-order valence-corrected chi connectivity index (χ0v) is 14.4. The Labute approximate surface area is 135 Å². The van der Waals surface area contributed by atoms with Gasteiger partial charge in [0.25, 0.3) is 5.91 Å². The molecule has 2 unspecified atom stereocenters. The molecular weight excluding hydrogens is 393 g/mol. The highest BCUT2D eigenvalue weighted by atomic mass is 79.9. The molecule has 1 aliphatic carbocycles. The van der Waals surface area contributed by atoms with E-state index in [-0.39, 0.29) is 11.9 Å². The van der Waals surface area contributed by atoms with E-state index in [0.29, 0.717) is 15.4 Å². The number of benzene rings is 1. The number of alkyl halides is 1. The van der Waals surface area contributed by atoms with Crippen molar-refractivity contribution < 1.29 is 4.79 Å². The van der Waals surface area contributed by atoms with E-state index < -0.39 is 0 Å². The van der Waals surface area contributed by atoms with Crippen molar-refractivity contribution in [3.05, 3.63) is 33.3 Å². The van der Waals surface area contributed by atoms with Crippen LogP contribution in [0.3, 0.4) is 0 Å². The number of hydrogen-bond acceptors (Lipinski definition) is 1. The van der Waals surface area contributed by atoms with Crippen LogP contribution in [-0.4, -0.2) is 16.8 Å². The van der Waals surface area contributed by atoms with Gasteiger partial charge in [-0.2, -0.15) is 0 Å². The zero-order valence-electron chi connectivity index (χ0n) is 10.5. The van der Waals surface area contributed by atoms with Crippen LogP contribution in [0.15, 0.2) is 22.7 Å². The van der Waals surface area contributed by atoms with Gasteiger partial charge in [0.1, 0.15) is 0 Å². The normalized spacial score (nSPS) is 23.7. The highest BCUT2D eigenvalue weighted by molar-refractivity contribution is 9.10. The van der Waals surface area contributed by atoms with Crippen molar-refractivity contribution in [1.82, 2.24) is 5.32 Å². The molecule has 1 aromatic rings. The quantitative estimate of drug-likeness (QED) is 0.545. The first-order valence-electron chi connectivity index (χ1n) is 6.48. The van der Waals surface area contributed by atoms with E-state index in [1.165, 1.54) is 19.3 Å². The SMILES string of the molecule is O=C(NC1CCCCCC1Br)c1cc(Br)ccc1Cl. The van der Waals surface area contributed by atoms with Crippen molar-refractivity contribution in [2.75, 3.05) is 0 Å². The maximum absolute atomic E-state index is 12.3. The van der Waals surface area contributed by atoms with Gasteiger partial charge in [-0.05, 0) is 31.0 Å². The van der Waals surface area contributed by atoms with Gasteiger partial charge in [0, 0.05) is 15.3 Å². The summed E-state index contributed by atoms with van der Waals surface area (Å²) in [6, 6.07) is 5.51. The lowest BCUT2D eigenvalue weighted by atomic mass is 10.1. The Morgan fingerprint density at radius 1 is 1.26 bits per heavy atom. The molecule has 1 fully saturated rings. The van der Waals surface area contributed by atoms with Gasteiger partial charge in [-0.25, -0.2) is 0 Å². The predicted molar refractivity (Wildman–Crippen MR) is 86.2 cm³/mol. The molecule has 0 aliphatic heterocycles. The second-order valence-electron chi connectivity index (χ2n) is 4.86. The van der Waals surface area contributed by atoms with Crippen molar-refractivity contribution in [1.29, 1.82) is 0 Å². The van der Waals surface area contributed by atoms with Gasteiger partial charge in [-0.3, -0.25) is 4.79 Å². The Bertz CT molecular complexity index is 467.